The number of hydrogen-bond acceptors (Lipinski definition) is 5. The minimum Gasteiger partial charge on any atom is -0.369 e. The van der Waals surface area contributed by atoms with Crippen LogP contribution in [0.25, 0.3) is 11.1 Å². The third-order valence-corrected chi connectivity index (χ3v) is 5.97. The first kappa shape index (κ1) is 20.6. The third-order valence-electron chi connectivity index (χ3n) is 4.49. The molecule has 2 aromatic rings. The molecular formula is C18H19Cl2N5O2S. The van der Waals surface area contributed by atoms with E-state index >= 15 is 0 Å². The number of imide groups is 1. The summed E-state index contributed by atoms with van der Waals surface area (Å²) < 4.78 is 1.04. The summed E-state index contributed by atoms with van der Waals surface area (Å²) in [7, 11) is 1.96. The molecular weight excluding hydrogens is 421 g/mol. The molecule has 0 aliphatic carbocycles. The van der Waals surface area contributed by atoms with Crippen molar-refractivity contribution in [1.29, 1.82) is 5.41 Å². The van der Waals surface area contributed by atoms with E-state index in [1.807, 2.05) is 7.05 Å². The summed E-state index contributed by atoms with van der Waals surface area (Å²) in [6, 6.07) is 7.79. The molecule has 3 rings (SSSR count). The molecule has 0 unspecified atom stereocenters. The SMILES string of the molecule is CN1CCN(C(=O)N(C(=N)N)C(=O)c2cccc(-c3cc(Cl)sc3Cl)c2)CC1. The molecule has 1 aromatic carbocycles. The first-order valence-electron chi connectivity index (χ1n) is 8.49. The number of benzene rings is 1. The van der Waals surface area contributed by atoms with Gasteiger partial charge < -0.3 is 15.5 Å². The second kappa shape index (κ2) is 8.48. The number of rotatable bonds is 2. The van der Waals surface area contributed by atoms with Crippen LogP contribution in [0, 0.1) is 5.41 Å². The zero-order valence-corrected chi connectivity index (χ0v) is 17.4. The van der Waals surface area contributed by atoms with Gasteiger partial charge >= 0.3 is 6.03 Å². The van der Waals surface area contributed by atoms with Crippen molar-refractivity contribution in [3.05, 3.63) is 44.6 Å². The van der Waals surface area contributed by atoms with E-state index in [1.165, 1.54) is 16.2 Å². The number of thiophene rings is 1. The maximum Gasteiger partial charge on any atom is 0.334 e. The lowest BCUT2D eigenvalue weighted by Crippen LogP contribution is -2.56. The van der Waals surface area contributed by atoms with Gasteiger partial charge in [0.25, 0.3) is 5.91 Å². The van der Waals surface area contributed by atoms with E-state index in [2.05, 4.69) is 4.90 Å². The molecule has 7 nitrogen and oxygen atoms in total. The average Bonchev–Trinajstić information content (AvgIpc) is 3.00. The molecule has 1 aliphatic rings. The van der Waals surface area contributed by atoms with Crippen molar-refractivity contribution < 1.29 is 9.59 Å². The quantitative estimate of drug-likeness (QED) is 0.553. The van der Waals surface area contributed by atoms with Gasteiger partial charge in [-0.2, -0.15) is 4.90 Å². The predicted molar refractivity (Wildman–Crippen MR) is 112 cm³/mol. The van der Waals surface area contributed by atoms with Crippen LogP contribution in [0.5, 0.6) is 0 Å². The molecule has 3 amide bonds. The number of carbonyl (C=O) groups excluding carboxylic acids is 2. The first-order chi connectivity index (χ1) is 13.3. The van der Waals surface area contributed by atoms with Crippen molar-refractivity contribution in [1.82, 2.24) is 14.7 Å². The number of urea groups is 1. The van der Waals surface area contributed by atoms with Gasteiger partial charge in [0.15, 0.2) is 0 Å². The van der Waals surface area contributed by atoms with Crippen LogP contribution >= 0.6 is 34.5 Å². The van der Waals surface area contributed by atoms with E-state index in [0.29, 0.717) is 50.9 Å². The number of nitrogens with zero attached hydrogens (tertiary/aromatic N) is 3. The van der Waals surface area contributed by atoms with Gasteiger partial charge in [-0.1, -0.05) is 35.3 Å². The third kappa shape index (κ3) is 4.30. The minimum atomic E-state index is -0.657. The standard InChI is InChI=1S/C18H19Cl2N5O2S/c1-23-5-7-24(8-6-23)18(27)25(17(21)22)16(26)12-4-2-3-11(9-12)13-10-14(19)28-15(13)20/h2-4,9-10H,5-8H2,1H3,(H3,21,22). The Morgan fingerprint density at radius 2 is 1.86 bits per heavy atom. The Kier molecular flexibility index (Phi) is 6.24. The van der Waals surface area contributed by atoms with Crippen molar-refractivity contribution in [2.45, 2.75) is 0 Å². The van der Waals surface area contributed by atoms with Crippen LogP contribution in [-0.2, 0) is 0 Å². The Balaban J connectivity index is 1.88. The largest absolute Gasteiger partial charge is 0.369 e. The highest BCUT2D eigenvalue weighted by molar-refractivity contribution is 7.20. The Labute approximate surface area is 176 Å². The van der Waals surface area contributed by atoms with Crippen LogP contribution in [0.1, 0.15) is 10.4 Å². The van der Waals surface area contributed by atoms with E-state index in [-0.39, 0.29) is 5.56 Å². The second-order valence-corrected chi connectivity index (χ2v) is 8.70. The molecule has 0 spiro atoms. The number of halogens is 2. The molecule has 10 heteroatoms. The van der Waals surface area contributed by atoms with Gasteiger partial charge in [0.2, 0.25) is 5.96 Å². The molecule has 1 saturated heterocycles. The van der Waals surface area contributed by atoms with Crippen LogP contribution < -0.4 is 5.73 Å². The molecule has 3 N–H and O–H groups in total. The van der Waals surface area contributed by atoms with Crippen molar-refractivity contribution in [2.75, 3.05) is 33.2 Å². The molecule has 1 aromatic heterocycles. The van der Waals surface area contributed by atoms with Crippen LogP contribution in [-0.4, -0.2) is 65.8 Å². The number of amides is 3. The van der Waals surface area contributed by atoms with E-state index < -0.39 is 17.9 Å². The van der Waals surface area contributed by atoms with Gasteiger partial charge in [0.1, 0.15) is 4.34 Å². The zero-order valence-electron chi connectivity index (χ0n) is 15.1. The van der Waals surface area contributed by atoms with Gasteiger partial charge in [-0.3, -0.25) is 10.2 Å². The highest BCUT2D eigenvalue weighted by Crippen LogP contribution is 2.38. The lowest BCUT2D eigenvalue weighted by molar-refractivity contribution is 0.0820. The smallest absolute Gasteiger partial charge is 0.334 e. The monoisotopic (exact) mass is 439 g/mol. The summed E-state index contributed by atoms with van der Waals surface area (Å²) in [5, 5.41) is 7.76. The molecule has 2 heterocycles. The van der Waals surface area contributed by atoms with Gasteiger partial charge in [0.05, 0.1) is 4.34 Å². The van der Waals surface area contributed by atoms with Crippen molar-refractivity contribution >= 4 is 52.4 Å². The molecule has 148 valence electrons. The average molecular weight is 440 g/mol. The molecule has 0 atom stereocenters. The number of hydrogen-bond donors (Lipinski definition) is 2. The maximum absolute atomic E-state index is 13.0. The van der Waals surface area contributed by atoms with Gasteiger partial charge in [-0.15, -0.1) is 11.3 Å². The van der Waals surface area contributed by atoms with Crippen LogP contribution in [0.2, 0.25) is 8.67 Å². The second-order valence-electron chi connectivity index (χ2n) is 6.42. The van der Waals surface area contributed by atoms with E-state index in [4.69, 9.17) is 34.3 Å². The molecule has 0 radical (unpaired) electrons. The summed E-state index contributed by atoms with van der Waals surface area (Å²) in [5.74, 6) is -1.27. The number of nitrogens with two attached hydrogens (primary N) is 1. The number of carbonyl (C=O) groups is 2. The normalized spacial score (nSPS) is 14.8. The molecule has 0 bridgehead atoms. The fourth-order valence-corrected chi connectivity index (χ4v) is 4.43. The number of likely N-dealkylation sites (N-methyl/N-ethyl adjacent to an activating group) is 1. The Bertz CT molecular complexity index is 924. The number of guanidine groups is 1. The van der Waals surface area contributed by atoms with Crippen LogP contribution in [0.4, 0.5) is 4.79 Å². The van der Waals surface area contributed by atoms with E-state index in [9.17, 15) is 9.59 Å². The van der Waals surface area contributed by atoms with Gasteiger partial charge in [-0.05, 0) is 30.8 Å². The first-order valence-corrected chi connectivity index (χ1v) is 10.1. The summed E-state index contributed by atoms with van der Waals surface area (Å²) in [4.78, 5) is 30.1. The van der Waals surface area contributed by atoms with Gasteiger partial charge in [-0.25, -0.2) is 4.79 Å². The van der Waals surface area contributed by atoms with Crippen LogP contribution in [0.3, 0.4) is 0 Å². The van der Waals surface area contributed by atoms with Crippen molar-refractivity contribution in [3.8, 4) is 11.1 Å². The highest BCUT2D eigenvalue weighted by atomic mass is 35.5. The van der Waals surface area contributed by atoms with E-state index in [1.54, 1.807) is 30.3 Å². The lowest BCUT2D eigenvalue weighted by Gasteiger charge is -2.34. The number of nitrogens with one attached hydrogen (secondary N) is 1. The van der Waals surface area contributed by atoms with Crippen molar-refractivity contribution in [2.24, 2.45) is 5.73 Å². The Morgan fingerprint density at radius 1 is 1.18 bits per heavy atom. The molecule has 0 saturated carbocycles. The van der Waals surface area contributed by atoms with E-state index in [0.717, 1.165) is 0 Å². The maximum atomic E-state index is 13.0. The fourth-order valence-electron chi connectivity index (χ4n) is 2.92. The molecule has 28 heavy (non-hydrogen) atoms. The zero-order chi connectivity index (χ0) is 20.4. The highest BCUT2D eigenvalue weighted by Gasteiger charge is 2.31. The predicted octanol–water partition coefficient (Wildman–Crippen LogP) is 3.42. The minimum absolute atomic E-state index is 0.230. The summed E-state index contributed by atoms with van der Waals surface area (Å²) in [6.45, 7) is 2.32. The Hall–Kier alpha value is -2.13. The topological polar surface area (TPSA) is 93.7 Å². The van der Waals surface area contributed by atoms with Crippen molar-refractivity contribution in [3.63, 3.8) is 0 Å². The summed E-state index contributed by atoms with van der Waals surface area (Å²) in [5.41, 5.74) is 7.20. The summed E-state index contributed by atoms with van der Waals surface area (Å²) >= 11 is 13.4. The Morgan fingerprint density at radius 3 is 2.43 bits per heavy atom. The summed E-state index contributed by atoms with van der Waals surface area (Å²) in [6.07, 6.45) is 0. The molecule has 1 aliphatic heterocycles. The number of piperazine rings is 1. The fraction of sp³-hybridized carbons (Fsp3) is 0.278. The molecule has 1 fully saturated rings. The van der Waals surface area contributed by atoms with Gasteiger partial charge in [0, 0.05) is 37.3 Å². The lowest BCUT2D eigenvalue weighted by atomic mass is 10.1. The van der Waals surface area contributed by atoms with Crippen LogP contribution in [0.15, 0.2) is 30.3 Å².